The lowest BCUT2D eigenvalue weighted by Crippen LogP contribution is -2.36. The molecule has 21 heteroatoms. The van der Waals surface area contributed by atoms with E-state index in [0.29, 0.717) is 25.7 Å². The topological polar surface area (TPSA) is 286 Å². The number of allylic oxidation sites excluding steroid dienone is 8. The van der Waals surface area contributed by atoms with Gasteiger partial charge in [-0.15, -0.1) is 0 Å². The van der Waals surface area contributed by atoms with Gasteiger partial charge in [0, 0.05) is 19.0 Å². The van der Waals surface area contributed by atoms with E-state index in [9.17, 15) is 48.6 Å². The van der Waals surface area contributed by atoms with Crippen LogP contribution in [0.4, 0.5) is 5.82 Å². The number of aromatic nitrogens is 2. The van der Waals surface area contributed by atoms with Gasteiger partial charge in [-0.25, -0.2) is 13.9 Å². The molecule has 0 aromatic carbocycles. The normalized spacial score (nSPS) is 20.8. The van der Waals surface area contributed by atoms with E-state index >= 15 is 0 Å². The molecule has 9 atom stereocenters. The Kier molecular flexibility index (Phi) is 31.2. The molecule has 3 unspecified atom stereocenters. The van der Waals surface area contributed by atoms with Crippen LogP contribution in [0.15, 0.2) is 65.7 Å². The van der Waals surface area contributed by atoms with Gasteiger partial charge in [0.05, 0.1) is 19.3 Å². The lowest BCUT2D eigenvalue weighted by Gasteiger charge is -2.21. The van der Waals surface area contributed by atoms with E-state index < -0.39 is 83.7 Å². The summed E-state index contributed by atoms with van der Waals surface area (Å²) in [5.74, 6) is -0.623. The number of unbranched alkanes of at least 4 members (excludes halogenated alkanes) is 9. The maximum Gasteiger partial charge on any atom is 0.481 e. The molecule has 1 fully saturated rings. The first kappa shape index (κ1) is 60.8. The highest BCUT2D eigenvalue weighted by Gasteiger charge is 2.46. The predicted octanol–water partition coefficient (Wildman–Crippen LogP) is 8.21. The Morgan fingerprint density at radius 1 is 0.779 bits per heavy atom. The van der Waals surface area contributed by atoms with Crippen molar-refractivity contribution in [2.24, 2.45) is 5.92 Å². The van der Waals surface area contributed by atoms with Crippen molar-refractivity contribution < 1.29 is 71.4 Å². The summed E-state index contributed by atoms with van der Waals surface area (Å²) in [5.41, 5.74) is 4.57. The van der Waals surface area contributed by atoms with Gasteiger partial charge >= 0.3 is 33.3 Å². The second-order valence-electron chi connectivity index (χ2n) is 17.1. The molecule has 0 aliphatic carbocycles. The van der Waals surface area contributed by atoms with Crippen LogP contribution in [0.1, 0.15) is 155 Å². The standard InChI is InChI=1S/C47H79N3O16P2/c1-4-37(2)28-24-20-16-14-15-18-22-26-30-42(52)61-34-39(64-43(53)31-27-23-19-13-11-9-7-5-6-8-10-12-17-21-25-29-38(3)51)35-62-67(57,58)66-68(59,60)63-36-40-44(54)45(55)46(65-40)50-33-32-41(48)49-47(50)56/h6-9,12-13,17,19,32-33,37-40,44-46,51,54-55H,4-5,10-11,14-16,18,20-31,34-36H2,1-3H3,(H,57,58)(H,59,60)(H2,48,49,56)/b8-6-,9-7-,17-12-,19-13-/t37?,38-,39+,40+,44+,45+,46+/m0/s1. The van der Waals surface area contributed by atoms with Crippen LogP contribution < -0.4 is 11.4 Å². The van der Waals surface area contributed by atoms with Crippen LogP contribution in [0, 0.1) is 5.92 Å². The molecule has 1 aromatic rings. The van der Waals surface area contributed by atoms with Crippen LogP contribution in [0.3, 0.4) is 0 Å². The Labute approximate surface area is 402 Å². The predicted molar refractivity (Wildman–Crippen MR) is 258 cm³/mol. The third-order valence-electron chi connectivity index (χ3n) is 11.0. The molecule has 388 valence electrons. The van der Waals surface area contributed by atoms with Crippen molar-refractivity contribution in [1.29, 1.82) is 0 Å². The van der Waals surface area contributed by atoms with E-state index in [-0.39, 0.29) is 24.8 Å². The van der Waals surface area contributed by atoms with Gasteiger partial charge in [0.1, 0.15) is 30.7 Å². The number of carbonyl (C=O) groups excluding carboxylic acids is 2. The van der Waals surface area contributed by atoms with Gasteiger partial charge in [-0.1, -0.05) is 120 Å². The number of nitrogen functional groups attached to an aromatic ring is 1. The molecular weight excluding hydrogens is 924 g/mol. The number of ether oxygens (including phenoxy) is 3. The van der Waals surface area contributed by atoms with Gasteiger partial charge in [0.15, 0.2) is 12.3 Å². The van der Waals surface area contributed by atoms with Crippen LogP contribution in [0.25, 0.3) is 0 Å². The molecule has 7 N–H and O–H groups in total. The van der Waals surface area contributed by atoms with Gasteiger partial charge in [0.2, 0.25) is 0 Å². The highest BCUT2D eigenvalue weighted by atomic mass is 31.3. The minimum Gasteiger partial charge on any atom is -0.462 e. The number of anilines is 1. The number of aliphatic hydroxyl groups excluding tert-OH is 3. The molecular formula is C47H79N3O16P2. The summed E-state index contributed by atoms with van der Waals surface area (Å²) in [4.78, 5) is 61.7. The van der Waals surface area contributed by atoms with E-state index in [0.717, 1.165) is 74.5 Å². The van der Waals surface area contributed by atoms with Crippen molar-refractivity contribution in [1.82, 2.24) is 9.55 Å². The Balaban J connectivity index is 1.85. The second-order valence-corrected chi connectivity index (χ2v) is 20.2. The highest BCUT2D eigenvalue weighted by Crippen LogP contribution is 2.60. The number of phosphoric ester groups is 2. The SMILES string of the molecule is CCC(C)CCCCCCCCCCC(=O)OC[C@H](COP(=O)(O)OP(=O)(O)OC[C@H]1O[C@@H](n2ccc(N)nc2=O)[C@H](O)[C@@H]1O)OC(=O)CCC/C=C\C/C=C\C/C=C\C/C=C\CCC[C@H](C)O. The molecule has 2 heterocycles. The van der Waals surface area contributed by atoms with Gasteiger partial charge in [-0.3, -0.25) is 23.2 Å². The van der Waals surface area contributed by atoms with Gasteiger partial charge < -0.3 is 45.1 Å². The summed E-state index contributed by atoms with van der Waals surface area (Å²) in [6, 6.07) is 1.24. The average Bonchev–Trinajstić information content (AvgIpc) is 3.56. The largest absolute Gasteiger partial charge is 0.481 e. The van der Waals surface area contributed by atoms with Crippen molar-refractivity contribution in [2.45, 2.75) is 186 Å². The Hall–Kier alpha value is -3.32. The van der Waals surface area contributed by atoms with Gasteiger partial charge in [-0.2, -0.15) is 9.29 Å². The zero-order valence-corrected chi connectivity index (χ0v) is 42.0. The summed E-state index contributed by atoms with van der Waals surface area (Å²) >= 11 is 0. The minimum absolute atomic E-state index is 0.0383. The van der Waals surface area contributed by atoms with E-state index in [2.05, 4.69) is 53.5 Å². The van der Waals surface area contributed by atoms with Crippen LogP contribution in [0.2, 0.25) is 0 Å². The summed E-state index contributed by atoms with van der Waals surface area (Å²) in [6.45, 7) is 3.91. The number of hydrogen-bond acceptors (Lipinski definition) is 16. The van der Waals surface area contributed by atoms with Crippen molar-refractivity contribution >= 4 is 33.4 Å². The molecule has 0 saturated carbocycles. The fourth-order valence-electron chi connectivity index (χ4n) is 6.83. The molecule has 1 aliphatic heterocycles. The molecule has 19 nitrogen and oxygen atoms in total. The van der Waals surface area contributed by atoms with Crippen molar-refractivity contribution in [3.05, 3.63) is 71.4 Å². The number of nitrogens with zero attached hydrogens (tertiary/aromatic N) is 2. The molecule has 1 aliphatic rings. The average molecular weight is 1000 g/mol. The zero-order valence-electron chi connectivity index (χ0n) is 40.2. The smallest absolute Gasteiger partial charge is 0.462 e. The first-order valence-corrected chi connectivity index (χ1v) is 27.1. The minimum atomic E-state index is -5.44. The van der Waals surface area contributed by atoms with Crippen molar-refractivity contribution in [2.75, 3.05) is 25.6 Å². The Morgan fingerprint density at radius 3 is 1.94 bits per heavy atom. The van der Waals surface area contributed by atoms with E-state index in [1.807, 2.05) is 18.2 Å². The summed E-state index contributed by atoms with van der Waals surface area (Å²) in [7, 11) is -10.9. The number of esters is 2. The lowest BCUT2D eigenvalue weighted by atomic mass is 9.99. The third kappa shape index (κ3) is 28.4. The Morgan fingerprint density at radius 2 is 1.34 bits per heavy atom. The third-order valence-corrected chi connectivity index (χ3v) is 13.6. The van der Waals surface area contributed by atoms with Gasteiger partial charge in [-0.05, 0) is 76.7 Å². The molecule has 1 saturated heterocycles. The number of nitrogens with two attached hydrogens (primary N) is 1. The number of rotatable bonds is 38. The molecule has 0 radical (unpaired) electrons. The molecule has 68 heavy (non-hydrogen) atoms. The van der Waals surface area contributed by atoms with Crippen LogP contribution in [0.5, 0.6) is 0 Å². The van der Waals surface area contributed by atoms with E-state index in [4.69, 9.17) is 29.0 Å². The highest BCUT2D eigenvalue weighted by molar-refractivity contribution is 7.61. The summed E-state index contributed by atoms with van der Waals surface area (Å²) < 4.78 is 56.6. The molecule has 2 rings (SSSR count). The van der Waals surface area contributed by atoms with Gasteiger partial charge in [0.25, 0.3) is 0 Å². The Bertz CT molecular complexity index is 1860. The fraction of sp³-hybridized carbons (Fsp3) is 0.702. The van der Waals surface area contributed by atoms with Crippen LogP contribution >= 0.6 is 15.6 Å². The summed E-state index contributed by atoms with van der Waals surface area (Å²) in [5, 5.41) is 30.2. The maximum atomic E-state index is 12.8. The van der Waals surface area contributed by atoms with Crippen LogP contribution in [-0.2, 0) is 46.3 Å². The quantitative estimate of drug-likeness (QED) is 0.0157. The van der Waals surface area contributed by atoms with Crippen molar-refractivity contribution in [3.8, 4) is 0 Å². The first-order valence-electron chi connectivity index (χ1n) is 24.1. The second kappa shape index (κ2) is 34.9. The number of hydrogen-bond donors (Lipinski definition) is 6. The number of phosphoric acid groups is 2. The molecule has 1 aromatic heterocycles. The summed E-state index contributed by atoms with van der Waals surface area (Å²) in [6.07, 6.45) is 26.4. The zero-order chi connectivity index (χ0) is 50.2. The van der Waals surface area contributed by atoms with E-state index in [1.165, 1.54) is 38.2 Å². The molecule has 0 spiro atoms. The molecule has 0 bridgehead atoms. The lowest BCUT2D eigenvalue weighted by molar-refractivity contribution is -0.161. The first-order chi connectivity index (χ1) is 32.4. The maximum absolute atomic E-state index is 12.8. The fourth-order valence-corrected chi connectivity index (χ4v) is 8.94. The number of aliphatic hydroxyl groups is 3. The van der Waals surface area contributed by atoms with E-state index in [1.54, 1.807) is 6.92 Å². The van der Waals surface area contributed by atoms with Crippen molar-refractivity contribution in [3.63, 3.8) is 0 Å². The van der Waals surface area contributed by atoms with Crippen LogP contribution in [-0.4, -0.2) is 96.9 Å². The number of carbonyl (C=O) groups is 2. The molecule has 0 amide bonds. The monoisotopic (exact) mass is 1000 g/mol.